The van der Waals surface area contributed by atoms with Crippen LogP contribution in [0.4, 0.5) is 11.4 Å². The molecule has 0 saturated carbocycles. The summed E-state index contributed by atoms with van der Waals surface area (Å²) in [5, 5.41) is 14.6. The predicted octanol–water partition coefficient (Wildman–Crippen LogP) is 6.22. The Hall–Kier alpha value is -3.78. The number of non-ortho nitro benzene ring substituents is 1. The fraction of sp³-hybridized carbons (Fsp3) is 0.185. The Bertz CT molecular complexity index is 1330. The van der Waals surface area contributed by atoms with Gasteiger partial charge in [-0.1, -0.05) is 52.3 Å². The SMILES string of the molecule is O=C(COC(=O)c1ccc2c(c1)[C@@H]1C=CC[C@@H]1[C@H](c1ccc([N+](=O)[O-])cc1)N2)c1ccc(Br)cc1. The Kier molecular flexibility index (Phi) is 6.21. The number of esters is 1. The molecular weight excluding hydrogens is 512 g/mol. The van der Waals surface area contributed by atoms with E-state index in [1.165, 1.54) is 12.1 Å². The summed E-state index contributed by atoms with van der Waals surface area (Å²) in [5.41, 5.74) is 3.82. The Morgan fingerprint density at radius 1 is 1.03 bits per heavy atom. The van der Waals surface area contributed by atoms with Crippen molar-refractivity contribution in [2.75, 3.05) is 11.9 Å². The molecule has 0 bridgehead atoms. The molecule has 0 saturated heterocycles. The Morgan fingerprint density at radius 3 is 2.46 bits per heavy atom. The van der Waals surface area contributed by atoms with Crippen molar-refractivity contribution in [3.05, 3.63) is 116 Å². The lowest BCUT2D eigenvalue weighted by Crippen LogP contribution is -2.29. The highest BCUT2D eigenvalue weighted by atomic mass is 79.9. The zero-order valence-corrected chi connectivity index (χ0v) is 20.1. The van der Waals surface area contributed by atoms with Crippen LogP contribution in [0.1, 0.15) is 50.2 Å². The number of nitro groups is 1. The molecule has 1 aliphatic carbocycles. The lowest BCUT2D eigenvalue weighted by atomic mass is 9.76. The summed E-state index contributed by atoms with van der Waals surface area (Å²) in [6, 6.07) is 18.9. The van der Waals surface area contributed by atoms with Crippen molar-refractivity contribution in [2.45, 2.75) is 18.4 Å². The van der Waals surface area contributed by atoms with Gasteiger partial charge in [-0.15, -0.1) is 0 Å². The van der Waals surface area contributed by atoms with Gasteiger partial charge in [0.25, 0.3) is 5.69 Å². The number of nitrogens with one attached hydrogen (secondary N) is 1. The first-order chi connectivity index (χ1) is 16.9. The van der Waals surface area contributed by atoms with Crippen LogP contribution in [0.2, 0.25) is 0 Å². The second kappa shape index (κ2) is 9.46. The van der Waals surface area contributed by atoms with Crippen LogP contribution >= 0.6 is 15.9 Å². The van der Waals surface area contributed by atoms with Crippen molar-refractivity contribution in [3.63, 3.8) is 0 Å². The number of halogens is 1. The average molecular weight is 533 g/mol. The minimum Gasteiger partial charge on any atom is -0.454 e. The van der Waals surface area contributed by atoms with E-state index < -0.39 is 10.9 Å². The average Bonchev–Trinajstić information content (AvgIpc) is 3.37. The third kappa shape index (κ3) is 4.61. The summed E-state index contributed by atoms with van der Waals surface area (Å²) < 4.78 is 6.17. The number of benzene rings is 3. The largest absolute Gasteiger partial charge is 0.454 e. The minimum absolute atomic E-state index is 0.00960. The quantitative estimate of drug-likeness (QED) is 0.133. The maximum Gasteiger partial charge on any atom is 0.338 e. The van der Waals surface area contributed by atoms with E-state index in [-0.39, 0.29) is 36.0 Å². The molecule has 0 aromatic heterocycles. The van der Waals surface area contributed by atoms with Crippen molar-refractivity contribution >= 4 is 39.1 Å². The molecule has 1 N–H and O–H groups in total. The Morgan fingerprint density at radius 2 is 1.74 bits per heavy atom. The first-order valence-electron chi connectivity index (χ1n) is 11.2. The molecule has 0 unspecified atom stereocenters. The zero-order chi connectivity index (χ0) is 24.5. The first kappa shape index (κ1) is 23.0. The van der Waals surface area contributed by atoms with Crippen molar-refractivity contribution in [2.24, 2.45) is 5.92 Å². The predicted molar refractivity (Wildman–Crippen MR) is 135 cm³/mol. The van der Waals surface area contributed by atoms with Gasteiger partial charge in [0, 0.05) is 33.8 Å². The topological polar surface area (TPSA) is 98.5 Å². The number of hydrogen-bond donors (Lipinski definition) is 1. The van der Waals surface area contributed by atoms with E-state index in [1.807, 2.05) is 12.1 Å². The monoisotopic (exact) mass is 532 g/mol. The van der Waals surface area contributed by atoms with E-state index in [0.29, 0.717) is 11.1 Å². The van der Waals surface area contributed by atoms with Crippen LogP contribution in [-0.2, 0) is 4.74 Å². The number of ether oxygens (including phenoxy) is 1. The third-order valence-electron chi connectivity index (χ3n) is 6.56. The number of carbonyl (C=O) groups excluding carboxylic acids is 2. The molecule has 3 aromatic carbocycles. The van der Waals surface area contributed by atoms with E-state index in [2.05, 4.69) is 33.4 Å². The van der Waals surface area contributed by atoms with Crippen molar-refractivity contribution in [3.8, 4) is 0 Å². The lowest BCUT2D eigenvalue weighted by Gasteiger charge is -2.37. The van der Waals surface area contributed by atoms with Gasteiger partial charge in [-0.2, -0.15) is 0 Å². The van der Waals surface area contributed by atoms with Gasteiger partial charge in [-0.3, -0.25) is 14.9 Å². The van der Waals surface area contributed by atoms with Gasteiger partial charge in [0.2, 0.25) is 0 Å². The fourth-order valence-electron chi connectivity index (χ4n) is 4.79. The number of anilines is 1. The van der Waals surface area contributed by atoms with Crippen LogP contribution < -0.4 is 5.32 Å². The summed E-state index contributed by atoms with van der Waals surface area (Å²) in [5.74, 6) is -0.498. The first-order valence-corrected chi connectivity index (χ1v) is 12.0. The second-order valence-electron chi connectivity index (χ2n) is 8.63. The van der Waals surface area contributed by atoms with Crippen LogP contribution in [-0.4, -0.2) is 23.3 Å². The van der Waals surface area contributed by atoms with Crippen LogP contribution in [0.3, 0.4) is 0 Å². The molecule has 1 heterocycles. The highest BCUT2D eigenvalue weighted by Gasteiger charge is 2.38. The van der Waals surface area contributed by atoms with Gasteiger partial charge >= 0.3 is 5.97 Å². The molecule has 0 radical (unpaired) electrons. The molecular formula is C27H21BrN2O5. The smallest absolute Gasteiger partial charge is 0.338 e. The Labute approximate surface area is 210 Å². The summed E-state index contributed by atoms with van der Waals surface area (Å²) in [6.45, 7) is -0.329. The molecule has 1 aliphatic heterocycles. The number of nitro benzene ring substituents is 1. The number of Topliss-reactive ketones (excluding diaryl/α,β-unsaturated/α-hetero) is 1. The maximum absolute atomic E-state index is 12.7. The number of hydrogen-bond acceptors (Lipinski definition) is 6. The van der Waals surface area contributed by atoms with Crippen LogP contribution in [0.5, 0.6) is 0 Å². The standard InChI is InChI=1S/C27H21BrN2O5/c28-19-9-4-16(5-10-19)25(31)15-35-27(32)18-8-13-24-23(14-18)21-2-1-3-22(21)26(29-24)17-6-11-20(12-7-17)30(33)34/h1-2,4-14,21-22,26,29H,3,15H2/t21-,22+,26+/m1/s1. The molecule has 2 aliphatic rings. The molecule has 35 heavy (non-hydrogen) atoms. The van der Waals surface area contributed by atoms with Gasteiger partial charge < -0.3 is 10.1 Å². The molecule has 7 nitrogen and oxygen atoms in total. The number of nitrogens with zero attached hydrogens (tertiary/aromatic N) is 1. The molecule has 0 amide bonds. The number of fused-ring (bicyclic) bond motifs is 3. The summed E-state index contributed by atoms with van der Waals surface area (Å²) in [6.07, 6.45) is 5.14. The van der Waals surface area contributed by atoms with Crippen LogP contribution in [0.15, 0.2) is 83.4 Å². The number of ketones is 1. The number of carbonyl (C=O) groups is 2. The molecule has 3 aromatic rings. The highest BCUT2D eigenvalue weighted by molar-refractivity contribution is 9.10. The van der Waals surface area contributed by atoms with Crippen LogP contribution in [0, 0.1) is 16.0 Å². The van der Waals surface area contributed by atoms with Crippen LogP contribution in [0.25, 0.3) is 0 Å². The van der Waals surface area contributed by atoms with Gasteiger partial charge in [0.05, 0.1) is 16.5 Å². The zero-order valence-electron chi connectivity index (χ0n) is 18.5. The molecule has 8 heteroatoms. The molecule has 0 spiro atoms. The second-order valence-corrected chi connectivity index (χ2v) is 9.55. The summed E-state index contributed by atoms with van der Waals surface area (Å²) in [4.78, 5) is 35.7. The van der Waals surface area contributed by atoms with Gasteiger partial charge in [-0.25, -0.2) is 4.79 Å². The maximum atomic E-state index is 12.7. The molecule has 0 fully saturated rings. The van der Waals surface area contributed by atoms with Crippen molar-refractivity contribution in [1.29, 1.82) is 0 Å². The number of allylic oxidation sites excluding steroid dienone is 2. The molecule has 176 valence electrons. The summed E-state index contributed by atoms with van der Waals surface area (Å²) in [7, 11) is 0. The summed E-state index contributed by atoms with van der Waals surface area (Å²) >= 11 is 3.33. The van der Waals surface area contributed by atoms with E-state index in [9.17, 15) is 19.7 Å². The van der Waals surface area contributed by atoms with E-state index in [1.54, 1.807) is 42.5 Å². The van der Waals surface area contributed by atoms with Gasteiger partial charge in [0.1, 0.15) is 0 Å². The normalized spacial score (nSPS) is 19.9. The minimum atomic E-state index is -0.547. The van der Waals surface area contributed by atoms with E-state index in [4.69, 9.17) is 4.74 Å². The third-order valence-corrected chi connectivity index (χ3v) is 7.09. The molecule has 3 atom stereocenters. The van der Waals surface area contributed by atoms with Crippen molar-refractivity contribution in [1.82, 2.24) is 0 Å². The lowest BCUT2D eigenvalue weighted by molar-refractivity contribution is -0.384. The number of rotatable bonds is 6. The van der Waals surface area contributed by atoms with E-state index >= 15 is 0 Å². The molecule has 5 rings (SSSR count). The van der Waals surface area contributed by atoms with E-state index in [0.717, 1.165) is 27.7 Å². The highest BCUT2D eigenvalue weighted by Crippen LogP contribution is 2.50. The van der Waals surface area contributed by atoms with Crippen molar-refractivity contribution < 1.29 is 19.2 Å². The van der Waals surface area contributed by atoms with Gasteiger partial charge in [0.15, 0.2) is 12.4 Å². The Balaban J connectivity index is 1.33. The van der Waals surface area contributed by atoms with Gasteiger partial charge in [-0.05, 0) is 53.8 Å². The fourth-order valence-corrected chi connectivity index (χ4v) is 5.05.